The number of hydrogen-bond donors (Lipinski definition) is 1. The van der Waals surface area contributed by atoms with Gasteiger partial charge in [0.05, 0.1) is 0 Å². The van der Waals surface area contributed by atoms with Gasteiger partial charge in [0.1, 0.15) is 0 Å². The van der Waals surface area contributed by atoms with Gasteiger partial charge >= 0.3 is 6.18 Å². The molecule has 0 bridgehead atoms. The summed E-state index contributed by atoms with van der Waals surface area (Å²) >= 11 is 5.66. The van der Waals surface area contributed by atoms with Gasteiger partial charge in [-0.05, 0) is 23.3 Å². The second-order valence-electron chi connectivity index (χ2n) is 4.08. The van der Waals surface area contributed by atoms with Gasteiger partial charge in [0.2, 0.25) is 5.60 Å². The van der Waals surface area contributed by atoms with E-state index in [0.717, 1.165) is 0 Å². The van der Waals surface area contributed by atoms with Crippen molar-refractivity contribution < 1.29 is 18.3 Å². The molecule has 0 saturated carbocycles. The molecule has 0 saturated heterocycles. The van der Waals surface area contributed by atoms with Crippen molar-refractivity contribution in [1.29, 1.82) is 0 Å². The first-order valence-corrected chi connectivity index (χ1v) is 5.84. The van der Waals surface area contributed by atoms with Crippen LogP contribution in [-0.2, 0) is 5.60 Å². The van der Waals surface area contributed by atoms with Crippen LogP contribution >= 0.6 is 11.6 Å². The fourth-order valence-corrected chi connectivity index (χ4v) is 1.99. The Balaban J connectivity index is 2.63. The number of aliphatic hydroxyl groups is 1. The fraction of sp³-hybridized carbons (Fsp3) is 0.143. The fourth-order valence-electron chi connectivity index (χ4n) is 1.86. The standard InChI is InChI=1S/C14H10ClF3O/c15-12-8-6-11(7-9-12)13(19,14(16,17)18)10-4-2-1-3-5-10/h1-9,19H. The zero-order valence-electron chi connectivity index (χ0n) is 9.66. The molecule has 5 heteroatoms. The van der Waals surface area contributed by atoms with Crippen LogP contribution in [0.15, 0.2) is 54.6 Å². The molecule has 1 nitrogen and oxygen atoms in total. The first-order valence-electron chi connectivity index (χ1n) is 5.46. The molecule has 0 aromatic heterocycles. The molecule has 0 radical (unpaired) electrons. The Morgan fingerprint density at radius 1 is 0.789 bits per heavy atom. The van der Waals surface area contributed by atoms with E-state index >= 15 is 0 Å². The Labute approximate surface area is 113 Å². The molecule has 19 heavy (non-hydrogen) atoms. The second kappa shape index (κ2) is 4.87. The van der Waals surface area contributed by atoms with Crippen LogP contribution < -0.4 is 0 Å². The minimum atomic E-state index is -4.83. The van der Waals surface area contributed by atoms with Crippen LogP contribution in [0.2, 0.25) is 5.02 Å². The Hall–Kier alpha value is -1.52. The topological polar surface area (TPSA) is 20.2 Å². The van der Waals surface area contributed by atoms with Gasteiger partial charge in [0.25, 0.3) is 0 Å². The van der Waals surface area contributed by atoms with Crippen LogP contribution in [0.25, 0.3) is 0 Å². The molecule has 100 valence electrons. The third-order valence-corrected chi connectivity index (χ3v) is 3.12. The molecule has 1 N–H and O–H groups in total. The molecular weight excluding hydrogens is 277 g/mol. The maximum atomic E-state index is 13.3. The molecule has 0 heterocycles. The Kier molecular flexibility index (Phi) is 3.56. The number of hydrogen-bond acceptors (Lipinski definition) is 1. The average Bonchev–Trinajstić information content (AvgIpc) is 2.38. The minimum Gasteiger partial charge on any atom is -0.372 e. The molecule has 1 atom stereocenters. The SMILES string of the molecule is OC(c1ccccc1)(c1ccc(Cl)cc1)C(F)(F)F. The quantitative estimate of drug-likeness (QED) is 0.880. The van der Waals surface area contributed by atoms with Gasteiger partial charge in [-0.2, -0.15) is 13.2 Å². The number of rotatable bonds is 2. The van der Waals surface area contributed by atoms with Crippen LogP contribution in [0.1, 0.15) is 11.1 Å². The van der Waals surface area contributed by atoms with Crippen molar-refractivity contribution in [2.24, 2.45) is 0 Å². The Morgan fingerprint density at radius 2 is 1.26 bits per heavy atom. The van der Waals surface area contributed by atoms with E-state index in [9.17, 15) is 18.3 Å². The maximum absolute atomic E-state index is 13.3. The van der Waals surface area contributed by atoms with E-state index < -0.39 is 11.8 Å². The van der Waals surface area contributed by atoms with E-state index in [4.69, 9.17) is 11.6 Å². The van der Waals surface area contributed by atoms with E-state index in [1.165, 1.54) is 48.5 Å². The summed E-state index contributed by atoms with van der Waals surface area (Å²) < 4.78 is 39.9. The monoisotopic (exact) mass is 286 g/mol. The number of benzene rings is 2. The summed E-state index contributed by atoms with van der Waals surface area (Å²) in [4.78, 5) is 0. The molecule has 2 rings (SSSR count). The summed E-state index contributed by atoms with van der Waals surface area (Å²) in [7, 11) is 0. The van der Waals surface area contributed by atoms with Crippen molar-refractivity contribution >= 4 is 11.6 Å². The molecule has 1 unspecified atom stereocenters. The van der Waals surface area contributed by atoms with Crippen molar-refractivity contribution in [2.45, 2.75) is 11.8 Å². The van der Waals surface area contributed by atoms with Crippen molar-refractivity contribution in [3.63, 3.8) is 0 Å². The van der Waals surface area contributed by atoms with Gasteiger partial charge in [0, 0.05) is 5.02 Å². The molecule has 2 aromatic rings. The van der Waals surface area contributed by atoms with Crippen LogP contribution in [-0.4, -0.2) is 11.3 Å². The summed E-state index contributed by atoms with van der Waals surface area (Å²) in [5.74, 6) is 0. The summed E-state index contributed by atoms with van der Waals surface area (Å²) in [5, 5.41) is 10.5. The van der Waals surface area contributed by atoms with Crippen LogP contribution in [0, 0.1) is 0 Å². The van der Waals surface area contributed by atoms with E-state index in [1.807, 2.05) is 0 Å². The third kappa shape index (κ3) is 2.46. The Morgan fingerprint density at radius 3 is 1.74 bits per heavy atom. The van der Waals surface area contributed by atoms with Crippen molar-refractivity contribution in [1.82, 2.24) is 0 Å². The lowest BCUT2D eigenvalue weighted by Gasteiger charge is -2.31. The summed E-state index contributed by atoms with van der Waals surface area (Å²) in [6.45, 7) is 0. The molecule has 0 aliphatic heterocycles. The van der Waals surface area contributed by atoms with E-state index in [1.54, 1.807) is 6.07 Å². The molecule has 0 spiro atoms. The number of alkyl halides is 3. The molecule has 0 aliphatic carbocycles. The van der Waals surface area contributed by atoms with Crippen LogP contribution in [0.4, 0.5) is 13.2 Å². The van der Waals surface area contributed by atoms with Crippen LogP contribution in [0.3, 0.4) is 0 Å². The smallest absolute Gasteiger partial charge is 0.372 e. The highest BCUT2D eigenvalue weighted by Gasteiger charge is 2.56. The summed E-state index contributed by atoms with van der Waals surface area (Å²) in [6, 6.07) is 11.9. The van der Waals surface area contributed by atoms with Crippen molar-refractivity contribution in [3.8, 4) is 0 Å². The zero-order chi connectivity index (χ0) is 14.1. The highest BCUT2D eigenvalue weighted by atomic mass is 35.5. The molecule has 0 fully saturated rings. The summed E-state index contributed by atoms with van der Waals surface area (Å²) in [5.41, 5.74) is -3.54. The number of halogens is 4. The van der Waals surface area contributed by atoms with E-state index in [2.05, 4.69) is 0 Å². The van der Waals surface area contributed by atoms with Gasteiger partial charge in [-0.1, -0.05) is 54.1 Å². The highest BCUT2D eigenvalue weighted by molar-refractivity contribution is 6.30. The third-order valence-electron chi connectivity index (χ3n) is 2.86. The van der Waals surface area contributed by atoms with Gasteiger partial charge in [-0.25, -0.2) is 0 Å². The maximum Gasteiger partial charge on any atom is 0.425 e. The first-order chi connectivity index (χ1) is 8.85. The van der Waals surface area contributed by atoms with Gasteiger partial charge in [0.15, 0.2) is 0 Å². The molecular formula is C14H10ClF3O. The average molecular weight is 287 g/mol. The largest absolute Gasteiger partial charge is 0.425 e. The molecule has 2 aromatic carbocycles. The van der Waals surface area contributed by atoms with Gasteiger partial charge < -0.3 is 5.11 Å². The lowest BCUT2D eigenvalue weighted by molar-refractivity contribution is -0.248. The predicted octanol–water partition coefficient (Wildman–Crippen LogP) is 4.14. The normalized spacial score (nSPS) is 15.0. The van der Waals surface area contributed by atoms with Crippen molar-refractivity contribution in [3.05, 3.63) is 70.7 Å². The lowest BCUT2D eigenvalue weighted by Crippen LogP contribution is -2.43. The second-order valence-corrected chi connectivity index (χ2v) is 4.52. The van der Waals surface area contributed by atoms with Crippen LogP contribution in [0.5, 0.6) is 0 Å². The van der Waals surface area contributed by atoms with Crippen molar-refractivity contribution in [2.75, 3.05) is 0 Å². The highest BCUT2D eigenvalue weighted by Crippen LogP contribution is 2.44. The van der Waals surface area contributed by atoms with E-state index in [0.29, 0.717) is 5.02 Å². The molecule has 0 aliphatic rings. The lowest BCUT2D eigenvalue weighted by atomic mass is 9.86. The van der Waals surface area contributed by atoms with E-state index in [-0.39, 0.29) is 11.1 Å². The summed E-state index contributed by atoms with van der Waals surface area (Å²) in [6.07, 6.45) is -4.83. The molecule has 0 amide bonds. The zero-order valence-corrected chi connectivity index (χ0v) is 10.4. The first kappa shape index (κ1) is 13.9. The predicted molar refractivity (Wildman–Crippen MR) is 66.9 cm³/mol. The Bertz CT molecular complexity index is 551. The van der Waals surface area contributed by atoms with Gasteiger partial charge in [-0.3, -0.25) is 0 Å². The van der Waals surface area contributed by atoms with Gasteiger partial charge in [-0.15, -0.1) is 0 Å². The minimum absolute atomic E-state index is 0.232.